The van der Waals surface area contributed by atoms with E-state index in [1.165, 1.54) is 12.1 Å². The lowest BCUT2D eigenvalue weighted by Gasteiger charge is -2.33. The van der Waals surface area contributed by atoms with E-state index in [0.29, 0.717) is 41.8 Å². The number of anilines is 1. The Morgan fingerprint density at radius 2 is 1.70 bits per heavy atom. The molecule has 0 spiro atoms. The predicted octanol–water partition coefficient (Wildman–Crippen LogP) is 6.25. The number of ether oxygens (including phenoxy) is 1. The molecule has 1 amide bonds. The molecule has 10 nitrogen and oxygen atoms in total. The molecule has 2 aromatic heterocycles. The summed E-state index contributed by atoms with van der Waals surface area (Å²) < 4.78 is 35.4. The second-order valence-corrected chi connectivity index (χ2v) is 14.7. The highest BCUT2D eigenvalue weighted by atomic mass is 32.2. The van der Waals surface area contributed by atoms with Gasteiger partial charge in [-0.2, -0.15) is 0 Å². The highest BCUT2D eigenvalue weighted by Crippen LogP contribution is 2.30. The number of hydrogen-bond acceptors (Lipinski definition) is 8. The van der Waals surface area contributed by atoms with Crippen molar-refractivity contribution in [3.05, 3.63) is 94.7 Å². The van der Waals surface area contributed by atoms with Crippen LogP contribution in [0.15, 0.2) is 65.8 Å². The fraction of sp³-hybridized carbons (Fsp3) is 0.417. The number of aryl methyl sites for hydroxylation is 3. The Bertz CT molecular complexity index is 1840. The van der Waals surface area contributed by atoms with Crippen LogP contribution in [-0.4, -0.2) is 58.4 Å². The van der Waals surface area contributed by atoms with Crippen LogP contribution in [0, 0.1) is 19.8 Å². The third kappa shape index (κ3) is 7.52. The van der Waals surface area contributed by atoms with Crippen LogP contribution in [0.3, 0.4) is 0 Å². The number of benzene rings is 2. The molecule has 1 saturated heterocycles. The zero-order valence-corrected chi connectivity index (χ0v) is 28.3. The molecule has 246 valence electrons. The van der Waals surface area contributed by atoms with E-state index in [1.54, 1.807) is 18.3 Å². The van der Waals surface area contributed by atoms with Crippen molar-refractivity contribution in [2.24, 2.45) is 5.92 Å². The lowest BCUT2D eigenvalue weighted by Crippen LogP contribution is -2.41. The van der Waals surface area contributed by atoms with Gasteiger partial charge in [-0.15, -0.1) is 0 Å². The Morgan fingerprint density at radius 3 is 2.40 bits per heavy atom. The summed E-state index contributed by atoms with van der Waals surface area (Å²) in [4.78, 5) is 35.0. The van der Waals surface area contributed by atoms with Gasteiger partial charge in [-0.3, -0.25) is 14.8 Å². The van der Waals surface area contributed by atoms with Gasteiger partial charge < -0.3 is 9.64 Å². The Labute approximate surface area is 277 Å². The van der Waals surface area contributed by atoms with Gasteiger partial charge in [0.05, 0.1) is 34.7 Å². The first-order chi connectivity index (χ1) is 22.6. The zero-order valence-electron chi connectivity index (χ0n) is 27.4. The average molecular weight is 655 g/mol. The minimum atomic E-state index is -4.10. The summed E-state index contributed by atoms with van der Waals surface area (Å²) in [7, 11) is -4.10. The van der Waals surface area contributed by atoms with E-state index in [1.807, 2.05) is 49.2 Å². The number of carbonyl (C=O) groups is 1. The van der Waals surface area contributed by atoms with Crippen molar-refractivity contribution >= 4 is 21.9 Å². The smallest absolute Gasteiger partial charge is 0.264 e. The highest BCUT2D eigenvalue weighted by Gasteiger charge is 2.29. The number of hydrogen-bond donors (Lipinski definition) is 1. The van der Waals surface area contributed by atoms with Crippen LogP contribution in [0.1, 0.15) is 84.0 Å². The highest BCUT2D eigenvalue weighted by molar-refractivity contribution is 7.92. The van der Waals surface area contributed by atoms with Crippen molar-refractivity contribution in [3.8, 4) is 11.3 Å². The molecular formula is C36H42N6O4S. The Hall–Kier alpha value is -4.22. The summed E-state index contributed by atoms with van der Waals surface area (Å²) in [6.07, 6.45) is 7.30. The number of fused-ring (bicyclic) bond motifs is 4. The van der Waals surface area contributed by atoms with Crippen LogP contribution >= 0.6 is 0 Å². The molecule has 4 aromatic rings. The molecule has 1 N–H and O–H groups in total. The molecule has 6 rings (SSSR count). The number of nitrogens with one attached hydrogen (secondary N) is 1. The molecule has 2 aromatic carbocycles. The van der Waals surface area contributed by atoms with E-state index in [4.69, 9.17) is 14.7 Å². The molecular weight excluding hydrogens is 613 g/mol. The van der Waals surface area contributed by atoms with Crippen molar-refractivity contribution in [2.75, 3.05) is 17.9 Å². The zero-order chi connectivity index (χ0) is 33.1. The molecule has 4 heterocycles. The van der Waals surface area contributed by atoms with Crippen LogP contribution < -0.4 is 4.72 Å². The molecule has 4 bridgehead atoms. The molecule has 0 radical (unpaired) electrons. The summed E-state index contributed by atoms with van der Waals surface area (Å²) in [5.41, 5.74) is 6.27. The number of nitrogens with zero attached hydrogens (tertiary/aromatic N) is 5. The minimum Gasteiger partial charge on any atom is -0.381 e. The lowest BCUT2D eigenvalue weighted by atomic mass is 9.95. The van der Waals surface area contributed by atoms with Gasteiger partial charge in [-0.05, 0) is 87.3 Å². The topological polar surface area (TPSA) is 127 Å². The Kier molecular flexibility index (Phi) is 9.65. The summed E-state index contributed by atoms with van der Waals surface area (Å²) >= 11 is 0. The van der Waals surface area contributed by atoms with Crippen molar-refractivity contribution < 1.29 is 17.9 Å². The van der Waals surface area contributed by atoms with Gasteiger partial charge in [-0.25, -0.2) is 23.1 Å². The average Bonchev–Trinajstić information content (AvgIpc) is 3.05. The van der Waals surface area contributed by atoms with Crippen LogP contribution in [0.2, 0.25) is 0 Å². The first kappa shape index (κ1) is 32.7. The van der Waals surface area contributed by atoms with Gasteiger partial charge in [0.15, 0.2) is 0 Å². The third-order valence-corrected chi connectivity index (χ3v) is 10.3. The van der Waals surface area contributed by atoms with Gasteiger partial charge in [0.1, 0.15) is 0 Å². The normalized spacial score (nSPS) is 18.6. The summed E-state index contributed by atoms with van der Waals surface area (Å²) in [6.45, 7) is 10.0. The third-order valence-electron chi connectivity index (χ3n) is 9.01. The van der Waals surface area contributed by atoms with Crippen LogP contribution in [0.5, 0.6) is 0 Å². The maximum atomic E-state index is 14.4. The Balaban J connectivity index is 1.42. The maximum absolute atomic E-state index is 14.4. The number of aromatic nitrogens is 4. The fourth-order valence-electron chi connectivity index (χ4n) is 6.61. The molecule has 11 heteroatoms. The first-order valence-electron chi connectivity index (χ1n) is 16.3. The molecule has 47 heavy (non-hydrogen) atoms. The SMILES string of the molecule is Cc1cccc(C)c1-c1cc2nc(n1)NS(=O)(=O)c1cccc(c1)C(=O)N(Cc1cnc(C3CCOCC3)cn1)[C@H](CC(C)C)CC2. The van der Waals surface area contributed by atoms with Gasteiger partial charge in [-0.1, -0.05) is 38.1 Å². The number of rotatable bonds is 6. The predicted molar refractivity (Wildman–Crippen MR) is 180 cm³/mol. The van der Waals surface area contributed by atoms with E-state index >= 15 is 0 Å². The molecule has 2 aliphatic rings. The maximum Gasteiger partial charge on any atom is 0.264 e. The van der Waals surface area contributed by atoms with Crippen LogP contribution in [0.25, 0.3) is 11.3 Å². The summed E-state index contributed by atoms with van der Waals surface area (Å²) in [5, 5.41) is 0. The standard InChI is InChI=1S/C36H42N6O4S/c1-23(2)17-30-12-11-28-19-32(34-24(3)7-5-8-25(34)4)40-36(39-28)41-47(44,45)31-10-6-9-27(18-31)35(43)42(30)22-29-20-38-33(21-37-29)26-13-15-46-16-14-26/h5-10,18-21,23,26,30H,11-17,22H2,1-4H3,(H,39,40,41)/t30-/m0/s1. The van der Waals surface area contributed by atoms with Crippen LogP contribution in [0.4, 0.5) is 5.95 Å². The first-order valence-corrected chi connectivity index (χ1v) is 17.8. The molecule has 0 aliphatic carbocycles. The lowest BCUT2D eigenvalue weighted by molar-refractivity contribution is 0.0620. The van der Waals surface area contributed by atoms with Crippen molar-refractivity contribution in [1.29, 1.82) is 0 Å². The van der Waals surface area contributed by atoms with Gasteiger partial charge in [0, 0.05) is 48.2 Å². The minimum absolute atomic E-state index is 0.00767. The van der Waals surface area contributed by atoms with Gasteiger partial charge in [0.25, 0.3) is 15.9 Å². The molecule has 2 aliphatic heterocycles. The van der Waals surface area contributed by atoms with Gasteiger partial charge >= 0.3 is 0 Å². The molecule has 1 atom stereocenters. The second kappa shape index (κ2) is 13.9. The monoisotopic (exact) mass is 654 g/mol. The fourth-order valence-corrected chi connectivity index (χ4v) is 7.60. The summed E-state index contributed by atoms with van der Waals surface area (Å²) in [5.74, 6) is 0.368. The summed E-state index contributed by atoms with van der Waals surface area (Å²) in [6, 6.07) is 14.0. The van der Waals surface area contributed by atoms with Gasteiger partial charge in [0.2, 0.25) is 5.95 Å². The Morgan fingerprint density at radius 1 is 0.957 bits per heavy atom. The quantitative estimate of drug-likeness (QED) is 0.259. The molecule has 0 unspecified atom stereocenters. The number of carbonyl (C=O) groups excluding carboxylic acids is 1. The van der Waals surface area contributed by atoms with Crippen LogP contribution in [-0.2, 0) is 27.7 Å². The van der Waals surface area contributed by atoms with E-state index in [2.05, 4.69) is 28.5 Å². The number of sulfonamides is 1. The van der Waals surface area contributed by atoms with E-state index in [0.717, 1.165) is 54.9 Å². The molecule has 1 fully saturated rings. The van der Waals surface area contributed by atoms with E-state index in [-0.39, 0.29) is 34.9 Å². The van der Waals surface area contributed by atoms with Crippen molar-refractivity contribution in [1.82, 2.24) is 24.8 Å². The second-order valence-electron chi connectivity index (χ2n) is 13.0. The van der Waals surface area contributed by atoms with E-state index < -0.39 is 10.0 Å². The van der Waals surface area contributed by atoms with Crippen molar-refractivity contribution in [3.63, 3.8) is 0 Å². The number of amides is 1. The van der Waals surface area contributed by atoms with E-state index in [9.17, 15) is 13.2 Å². The largest absolute Gasteiger partial charge is 0.381 e. The molecule has 0 saturated carbocycles. The van der Waals surface area contributed by atoms with Crippen molar-refractivity contribution in [2.45, 2.75) is 83.2 Å².